The standard InChI is InChI=1S/C25H38N4O2/c1-17-9-11-19(12-10-17)28-15-13-21-20(16-28)24(30)27-23(26-21)22-8-5-14-29(22)25(31)18-6-3-2-4-7-18/h17-19,22H,2-16H2,1H3,(H,26,27,30)/t17?,19?,22-/m0/s1. The van der Waals surface area contributed by atoms with Crippen molar-refractivity contribution in [1.29, 1.82) is 0 Å². The Morgan fingerprint density at radius 2 is 1.74 bits per heavy atom. The van der Waals surface area contributed by atoms with E-state index in [0.717, 1.165) is 74.7 Å². The molecule has 4 aliphatic rings. The van der Waals surface area contributed by atoms with Gasteiger partial charge in [-0.15, -0.1) is 0 Å². The van der Waals surface area contributed by atoms with Gasteiger partial charge in [-0.3, -0.25) is 14.5 Å². The van der Waals surface area contributed by atoms with E-state index in [2.05, 4.69) is 16.8 Å². The lowest BCUT2D eigenvalue weighted by atomic mass is 9.86. The maximum Gasteiger partial charge on any atom is 0.255 e. The Morgan fingerprint density at radius 1 is 0.968 bits per heavy atom. The number of nitrogens with one attached hydrogen (secondary N) is 1. The Hall–Kier alpha value is -1.69. The van der Waals surface area contributed by atoms with Crippen LogP contribution >= 0.6 is 0 Å². The summed E-state index contributed by atoms with van der Waals surface area (Å²) in [5.41, 5.74) is 1.85. The van der Waals surface area contributed by atoms with Crippen molar-refractivity contribution in [1.82, 2.24) is 19.8 Å². The van der Waals surface area contributed by atoms with Crippen LogP contribution in [0.2, 0.25) is 0 Å². The molecule has 1 amide bonds. The Labute approximate surface area is 185 Å². The van der Waals surface area contributed by atoms with Gasteiger partial charge in [0.25, 0.3) is 5.56 Å². The maximum atomic E-state index is 13.2. The highest BCUT2D eigenvalue weighted by molar-refractivity contribution is 5.79. The molecule has 1 atom stereocenters. The summed E-state index contributed by atoms with van der Waals surface area (Å²) in [5.74, 6) is 2.03. The van der Waals surface area contributed by atoms with Crippen molar-refractivity contribution in [3.05, 3.63) is 27.4 Å². The van der Waals surface area contributed by atoms with Gasteiger partial charge in [-0.2, -0.15) is 0 Å². The van der Waals surface area contributed by atoms with Crippen LogP contribution in [0.1, 0.15) is 101 Å². The van der Waals surface area contributed by atoms with Crippen LogP contribution in [-0.2, 0) is 17.8 Å². The molecular weight excluding hydrogens is 388 g/mol. The van der Waals surface area contributed by atoms with Crippen LogP contribution < -0.4 is 5.56 Å². The van der Waals surface area contributed by atoms with E-state index in [9.17, 15) is 9.59 Å². The summed E-state index contributed by atoms with van der Waals surface area (Å²) < 4.78 is 0. The smallest absolute Gasteiger partial charge is 0.255 e. The molecule has 0 radical (unpaired) electrons. The van der Waals surface area contributed by atoms with Crippen molar-refractivity contribution in [2.75, 3.05) is 13.1 Å². The Kier molecular flexibility index (Phi) is 6.18. The summed E-state index contributed by atoms with van der Waals surface area (Å²) in [7, 11) is 0. The minimum absolute atomic E-state index is 0.0193. The number of likely N-dealkylation sites (tertiary alicyclic amines) is 1. The van der Waals surface area contributed by atoms with Crippen molar-refractivity contribution < 1.29 is 4.79 Å². The molecule has 0 unspecified atom stereocenters. The first-order valence-corrected chi connectivity index (χ1v) is 12.8. The molecule has 1 aromatic heterocycles. The number of hydrogen-bond donors (Lipinski definition) is 1. The number of carbonyl (C=O) groups excluding carboxylic acids is 1. The fourth-order valence-corrected chi connectivity index (χ4v) is 6.44. The number of aromatic nitrogens is 2. The molecule has 0 bridgehead atoms. The van der Waals surface area contributed by atoms with Crippen molar-refractivity contribution in [2.45, 2.75) is 103 Å². The average Bonchev–Trinajstić information content (AvgIpc) is 3.29. The number of amides is 1. The van der Waals surface area contributed by atoms with Crippen LogP contribution in [0.3, 0.4) is 0 Å². The number of carbonyl (C=O) groups is 1. The maximum absolute atomic E-state index is 13.2. The topological polar surface area (TPSA) is 69.3 Å². The third-order valence-corrected chi connectivity index (χ3v) is 8.42. The molecular formula is C25H38N4O2. The van der Waals surface area contributed by atoms with E-state index in [4.69, 9.17) is 4.98 Å². The molecule has 1 saturated heterocycles. The molecule has 2 saturated carbocycles. The number of H-pyrrole nitrogens is 1. The van der Waals surface area contributed by atoms with E-state index in [1.807, 2.05) is 4.90 Å². The lowest BCUT2D eigenvalue weighted by Crippen LogP contribution is -2.44. The van der Waals surface area contributed by atoms with Gasteiger partial charge in [0.2, 0.25) is 5.91 Å². The third-order valence-electron chi connectivity index (χ3n) is 8.42. The minimum Gasteiger partial charge on any atom is -0.332 e. The van der Waals surface area contributed by atoms with Gasteiger partial charge >= 0.3 is 0 Å². The van der Waals surface area contributed by atoms with Gasteiger partial charge in [0.1, 0.15) is 5.82 Å². The van der Waals surface area contributed by atoms with Crippen molar-refractivity contribution >= 4 is 5.91 Å². The normalized spacial score (nSPS) is 30.4. The first-order valence-electron chi connectivity index (χ1n) is 12.8. The largest absolute Gasteiger partial charge is 0.332 e. The number of rotatable bonds is 3. The van der Waals surface area contributed by atoms with E-state index in [0.29, 0.717) is 11.9 Å². The summed E-state index contributed by atoms with van der Waals surface area (Å²) >= 11 is 0. The van der Waals surface area contributed by atoms with Gasteiger partial charge in [-0.1, -0.05) is 26.2 Å². The lowest BCUT2D eigenvalue weighted by molar-refractivity contribution is -0.137. The molecule has 31 heavy (non-hydrogen) atoms. The van der Waals surface area contributed by atoms with Crippen LogP contribution in [-0.4, -0.2) is 44.8 Å². The van der Waals surface area contributed by atoms with Gasteiger partial charge in [-0.05, 0) is 57.3 Å². The first-order chi connectivity index (χ1) is 15.1. The Bertz CT molecular complexity index is 852. The van der Waals surface area contributed by atoms with Crippen LogP contribution in [0.5, 0.6) is 0 Å². The average molecular weight is 427 g/mol. The fraction of sp³-hybridized carbons (Fsp3) is 0.800. The SMILES string of the molecule is CC1CCC(N2CCc3nc([C@@H]4CCCN4C(=O)C4CCCCC4)[nH]c(=O)c3C2)CC1. The summed E-state index contributed by atoms with van der Waals surface area (Å²) in [6, 6.07) is 0.562. The molecule has 6 nitrogen and oxygen atoms in total. The molecule has 3 heterocycles. The molecule has 0 aromatic carbocycles. The quantitative estimate of drug-likeness (QED) is 0.795. The van der Waals surface area contributed by atoms with Crippen LogP contribution in [0.4, 0.5) is 0 Å². The predicted octanol–water partition coefficient (Wildman–Crippen LogP) is 3.95. The second-order valence-corrected chi connectivity index (χ2v) is 10.5. The zero-order chi connectivity index (χ0) is 21.4. The van der Waals surface area contributed by atoms with E-state index >= 15 is 0 Å². The second kappa shape index (κ2) is 9.05. The van der Waals surface area contributed by atoms with Crippen molar-refractivity contribution in [3.8, 4) is 0 Å². The van der Waals surface area contributed by atoms with Gasteiger partial charge in [0, 0.05) is 38.0 Å². The highest BCUT2D eigenvalue weighted by atomic mass is 16.2. The molecule has 0 spiro atoms. The summed E-state index contributed by atoms with van der Waals surface area (Å²) in [4.78, 5) is 38.9. The Morgan fingerprint density at radius 3 is 2.52 bits per heavy atom. The van der Waals surface area contributed by atoms with Crippen molar-refractivity contribution in [2.24, 2.45) is 11.8 Å². The van der Waals surface area contributed by atoms with Gasteiger partial charge in [0.15, 0.2) is 0 Å². The van der Waals surface area contributed by atoms with Gasteiger partial charge < -0.3 is 9.88 Å². The number of hydrogen-bond acceptors (Lipinski definition) is 4. The molecule has 1 aromatic rings. The highest BCUT2D eigenvalue weighted by Crippen LogP contribution is 2.35. The predicted molar refractivity (Wildman–Crippen MR) is 121 cm³/mol. The molecule has 2 aliphatic carbocycles. The molecule has 5 rings (SSSR count). The second-order valence-electron chi connectivity index (χ2n) is 10.5. The number of fused-ring (bicyclic) bond motifs is 1. The summed E-state index contributed by atoms with van der Waals surface area (Å²) in [6.07, 6.45) is 13.5. The monoisotopic (exact) mass is 426 g/mol. The fourth-order valence-electron chi connectivity index (χ4n) is 6.44. The van der Waals surface area contributed by atoms with E-state index < -0.39 is 0 Å². The zero-order valence-corrected chi connectivity index (χ0v) is 19.1. The van der Waals surface area contributed by atoms with Gasteiger partial charge in [-0.25, -0.2) is 4.98 Å². The highest BCUT2D eigenvalue weighted by Gasteiger charge is 2.37. The minimum atomic E-state index is -0.0507. The lowest BCUT2D eigenvalue weighted by Gasteiger charge is -2.38. The summed E-state index contributed by atoms with van der Waals surface area (Å²) in [6.45, 7) is 4.88. The number of aromatic amines is 1. The van der Waals surface area contributed by atoms with Crippen LogP contribution in [0, 0.1) is 11.8 Å². The van der Waals surface area contributed by atoms with E-state index in [1.165, 1.54) is 44.9 Å². The Balaban J connectivity index is 1.32. The van der Waals surface area contributed by atoms with Crippen LogP contribution in [0.25, 0.3) is 0 Å². The van der Waals surface area contributed by atoms with Crippen molar-refractivity contribution in [3.63, 3.8) is 0 Å². The molecule has 2 aliphatic heterocycles. The molecule has 6 heteroatoms. The first kappa shape index (κ1) is 21.2. The van der Waals surface area contributed by atoms with Crippen LogP contribution in [0.15, 0.2) is 4.79 Å². The van der Waals surface area contributed by atoms with E-state index in [-0.39, 0.29) is 17.5 Å². The molecule has 1 N–H and O–H groups in total. The molecule has 170 valence electrons. The molecule has 3 fully saturated rings. The van der Waals surface area contributed by atoms with Gasteiger partial charge in [0.05, 0.1) is 17.3 Å². The number of nitrogens with zero attached hydrogens (tertiary/aromatic N) is 3. The summed E-state index contributed by atoms with van der Waals surface area (Å²) in [5, 5.41) is 0. The third kappa shape index (κ3) is 4.33. The van der Waals surface area contributed by atoms with E-state index in [1.54, 1.807) is 0 Å². The zero-order valence-electron chi connectivity index (χ0n) is 19.1.